The van der Waals surface area contributed by atoms with Gasteiger partial charge in [0.05, 0.1) is 5.69 Å². The number of aromatic nitrogens is 2. The lowest BCUT2D eigenvalue weighted by molar-refractivity contribution is 0.433. The number of nitrogens with one attached hydrogen (secondary N) is 1. The number of anilines is 1. The van der Waals surface area contributed by atoms with Crippen LogP contribution in [0.4, 0.5) is 5.95 Å². The van der Waals surface area contributed by atoms with Crippen molar-refractivity contribution in [3.8, 4) is 0 Å². The molecule has 1 aromatic rings. The Hall–Kier alpha value is -1.84. The fraction of sp³-hybridized carbons (Fsp3) is 0.680. The van der Waals surface area contributed by atoms with Crippen molar-refractivity contribution in [2.24, 2.45) is 11.3 Å². The lowest BCUT2D eigenvalue weighted by Gasteiger charge is -2.25. The largest absolute Gasteiger partial charge is 0.380 e. The molecule has 0 saturated heterocycles. The summed E-state index contributed by atoms with van der Waals surface area (Å²) in [6, 6.07) is 2.59. The summed E-state index contributed by atoms with van der Waals surface area (Å²) in [5.41, 5.74) is 4.11. The highest BCUT2D eigenvalue weighted by Crippen LogP contribution is 2.51. The molecule has 2 aliphatic rings. The molecule has 1 atom stereocenters. The van der Waals surface area contributed by atoms with Gasteiger partial charge in [-0.25, -0.2) is 9.97 Å². The van der Waals surface area contributed by atoms with Crippen molar-refractivity contribution in [2.75, 3.05) is 19.4 Å². The molecule has 1 N–H and O–H groups in total. The number of rotatable bonds is 9. The van der Waals surface area contributed by atoms with E-state index in [1.807, 2.05) is 6.20 Å². The molecule has 1 heterocycles. The monoisotopic (exact) mass is 396 g/mol. The van der Waals surface area contributed by atoms with Crippen LogP contribution >= 0.6 is 0 Å². The Morgan fingerprint density at radius 2 is 2.00 bits per heavy atom. The molecule has 0 spiro atoms. The second kappa shape index (κ2) is 9.77. The first kappa shape index (κ1) is 21.9. The molecule has 0 aromatic carbocycles. The van der Waals surface area contributed by atoms with Crippen LogP contribution in [-0.2, 0) is 0 Å². The number of hydrogen-bond acceptors (Lipinski definition) is 4. The van der Waals surface area contributed by atoms with Gasteiger partial charge in [-0.2, -0.15) is 0 Å². The molecule has 1 unspecified atom stereocenters. The number of allylic oxidation sites excluding steroid dienone is 4. The quantitative estimate of drug-likeness (QED) is 0.498. The van der Waals surface area contributed by atoms with E-state index in [1.54, 1.807) is 0 Å². The Kier molecular flexibility index (Phi) is 7.37. The first-order valence-corrected chi connectivity index (χ1v) is 11.6. The van der Waals surface area contributed by atoms with Crippen molar-refractivity contribution in [3.05, 3.63) is 35.8 Å². The first-order valence-electron chi connectivity index (χ1n) is 11.6. The lowest BCUT2D eigenvalue weighted by Crippen LogP contribution is -2.23. The molecule has 4 nitrogen and oxygen atoms in total. The van der Waals surface area contributed by atoms with Gasteiger partial charge in [0.2, 0.25) is 5.95 Å². The topological polar surface area (TPSA) is 41.1 Å². The van der Waals surface area contributed by atoms with Crippen molar-refractivity contribution >= 4 is 11.5 Å². The summed E-state index contributed by atoms with van der Waals surface area (Å²) in [5, 5.41) is 3.60. The molecule has 1 aromatic heterocycles. The van der Waals surface area contributed by atoms with E-state index < -0.39 is 0 Å². The van der Waals surface area contributed by atoms with E-state index in [0.717, 1.165) is 24.5 Å². The zero-order valence-corrected chi connectivity index (χ0v) is 19.2. The molecule has 3 rings (SSSR count). The summed E-state index contributed by atoms with van der Waals surface area (Å²) in [4.78, 5) is 11.8. The Morgan fingerprint density at radius 1 is 1.28 bits per heavy atom. The van der Waals surface area contributed by atoms with E-state index in [-0.39, 0.29) is 0 Å². The SMILES string of the molecule is CCC(C)/C=C/C(=C(/CC1(C)CC1)N(C)C)c1ccnc(NC2CCCCC2)n1. The van der Waals surface area contributed by atoms with Gasteiger partial charge in [0.15, 0.2) is 0 Å². The summed E-state index contributed by atoms with van der Waals surface area (Å²) >= 11 is 0. The molecule has 2 fully saturated rings. The summed E-state index contributed by atoms with van der Waals surface area (Å²) in [6.45, 7) is 6.93. The minimum absolute atomic E-state index is 0.450. The van der Waals surface area contributed by atoms with Crippen molar-refractivity contribution in [1.29, 1.82) is 0 Å². The molecular formula is C25H40N4. The van der Waals surface area contributed by atoms with Gasteiger partial charge in [-0.15, -0.1) is 0 Å². The third-order valence-corrected chi connectivity index (χ3v) is 6.65. The molecule has 29 heavy (non-hydrogen) atoms. The Balaban J connectivity index is 1.93. The van der Waals surface area contributed by atoms with Crippen LogP contribution in [0.5, 0.6) is 0 Å². The Labute approximate surface area is 177 Å². The van der Waals surface area contributed by atoms with Gasteiger partial charge in [-0.1, -0.05) is 58.6 Å². The molecule has 4 heteroatoms. The maximum Gasteiger partial charge on any atom is 0.223 e. The molecule has 0 amide bonds. The van der Waals surface area contributed by atoms with Gasteiger partial charge in [0.25, 0.3) is 0 Å². The molecule has 0 bridgehead atoms. The van der Waals surface area contributed by atoms with E-state index in [2.05, 4.69) is 68.3 Å². The summed E-state index contributed by atoms with van der Waals surface area (Å²) in [5.74, 6) is 1.34. The van der Waals surface area contributed by atoms with E-state index >= 15 is 0 Å². The predicted octanol–water partition coefficient (Wildman–Crippen LogP) is 6.29. The Morgan fingerprint density at radius 3 is 2.62 bits per heavy atom. The molecule has 0 aliphatic heterocycles. The van der Waals surface area contributed by atoms with Crippen LogP contribution in [0.3, 0.4) is 0 Å². The van der Waals surface area contributed by atoms with Crippen LogP contribution in [0.2, 0.25) is 0 Å². The van der Waals surface area contributed by atoms with Gasteiger partial charge in [-0.3, -0.25) is 0 Å². The Bertz CT molecular complexity index is 724. The van der Waals surface area contributed by atoms with Gasteiger partial charge in [-0.05, 0) is 49.5 Å². The number of hydrogen-bond donors (Lipinski definition) is 1. The lowest BCUT2D eigenvalue weighted by atomic mass is 9.95. The van der Waals surface area contributed by atoms with E-state index in [1.165, 1.54) is 56.2 Å². The van der Waals surface area contributed by atoms with Crippen molar-refractivity contribution < 1.29 is 0 Å². The summed E-state index contributed by atoms with van der Waals surface area (Å²) in [7, 11) is 4.33. The molecule has 160 valence electrons. The van der Waals surface area contributed by atoms with Gasteiger partial charge >= 0.3 is 0 Å². The third-order valence-electron chi connectivity index (χ3n) is 6.65. The van der Waals surface area contributed by atoms with Crippen LogP contribution in [0.15, 0.2) is 30.1 Å². The minimum Gasteiger partial charge on any atom is -0.380 e. The third kappa shape index (κ3) is 6.32. The van der Waals surface area contributed by atoms with E-state index in [9.17, 15) is 0 Å². The second-order valence-electron chi connectivity index (χ2n) is 9.73. The van der Waals surface area contributed by atoms with Gasteiger partial charge in [0, 0.05) is 37.6 Å². The van der Waals surface area contributed by atoms with Crippen molar-refractivity contribution in [3.63, 3.8) is 0 Å². The molecule has 2 saturated carbocycles. The van der Waals surface area contributed by atoms with Crippen molar-refractivity contribution in [2.45, 2.75) is 84.6 Å². The fourth-order valence-electron chi connectivity index (χ4n) is 4.02. The normalized spacial score (nSPS) is 21.0. The number of nitrogens with zero attached hydrogens (tertiary/aromatic N) is 3. The predicted molar refractivity (Wildman–Crippen MR) is 124 cm³/mol. The molecule has 0 radical (unpaired) electrons. The fourth-order valence-corrected chi connectivity index (χ4v) is 4.02. The van der Waals surface area contributed by atoms with E-state index in [0.29, 0.717) is 17.4 Å². The zero-order valence-electron chi connectivity index (χ0n) is 19.2. The summed E-state index contributed by atoms with van der Waals surface area (Å²) in [6.07, 6.45) is 17.9. The van der Waals surface area contributed by atoms with Crippen LogP contribution in [0.25, 0.3) is 5.57 Å². The van der Waals surface area contributed by atoms with Crippen LogP contribution < -0.4 is 5.32 Å². The van der Waals surface area contributed by atoms with E-state index in [4.69, 9.17) is 4.98 Å². The highest BCUT2D eigenvalue weighted by Gasteiger charge is 2.38. The highest BCUT2D eigenvalue weighted by atomic mass is 15.1. The van der Waals surface area contributed by atoms with Crippen LogP contribution in [0.1, 0.15) is 84.3 Å². The molecular weight excluding hydrogens is 356 g/mol. The highest BCUT2D eigenvalue weighted by molar-refractivity contribution is 5.74. The van der Waals surface area contributed by atoms with Crippen molar-refractivity contribution in [1.82, 2.24) is 14.9 Å². The average molecular weight is 397 g/mol. The standard InChI is InChI=1S/C25H40N4/c1-6-19(2)12-13-21(23(29(4)5)18-25(3)15-16-25)22-14-17-26-24(28-22)27-20-10-8-7-9-11-20/h12-14,17,19-20H,6-11,15-16,18H2,1-5H3,(H,26,27,28)/b13-12+,23-21+. The average Bonchev–Trinajstić information content (AvgIpc) is 3.45. The zero-order chi connectivity index (χ0) is 20.9. The second-order valence-corrected chi connectivity index (χ2v) is 9.73. The first-order chi connectivity index (χ1) is 13.9. The van der Waals surface area contributed by atoms with Crippen LogP contribution in [-0.4, -0.2) is 35.0 Å². The maximum atomic E-state index is 4.97. The van der Waals surface area contributed by atoms with Crippen LogP contribution in [0, 0.1) is 11.3 Å². The summed E-state index contributed by atoms with van der Waals surface area (Å²) < 4.78 is 0. The van der Waals surface area contributed by atoms with Gasteiger partial charge in [0.1, 0.15) is 0 Å². The minimum atomic E-state index is 0.450. The van der Waals surface area contributed by atoms with Gasteiger partial charge < -0.3 is 10.2 Å². The smallest absolute Gasteiger partial charge is 0.223 e. The maximum absolute atomic E-state index is 4.97. The molecule has 2 aliphatic carbocycles.